The number of likely N-dealkylation sites (N-methyl/N-ethyl adjacent to an activating group) is 1. The Hall–Kier alpha value is -0.120. The van der Waals surface area contributed by atoms with Crippen LogP contribution in [-0.2, 0) is 4.74 Å². The van der Waals surface area contributed by atoms with Gasteiger partial charge in [0.15, 0.2) is 0 Å². The van der Waals surface area contributed by atoms with Gasteiger partial charge in [-0.1, -0.05) is 0 Å². The number of rotatable bonds is 9. The molecule has 0 aliphatic rings. The van der Waals surface area contributed by atoms with E-state index in [0.29, 0.717) is 12.1 Å². The Morgan fingerprint density at radius 1 is 1.00 bits per heavy atom. The van der Waals surface area contributed by atoms with Crippen molar-refractivity contribution in [2.24, 2.45) is 0 Å². The first-order valence-electron chi connectivity index (χ1n) is 6.95. The molecule has 0 aromatic rings. The summed E-state index contributed by atoms with van der Waals surface area (Å²) in [5.41, 5.74) is 0. The zero-order valence-corrected chi connectivity index (χ0v) is 13.0. The molecule has 0 unspecified atom stereocenters. The molecule has 0 aliphatic heterocycles. The second-order valence-electron chi connectivity index (χ2n) is 6.01. The molecule has 0 heterocycles. The van der Waals surface area contributed by atoms with Crippen molar-refractivity contribution >= 4 is 0 Å². The van der Waals surface area contributed by atoms with Crippen LogP contribution >= 0.6 is 0 Å². The largest absolute Gasteiger partial charge is 0.374 e. The van der Waals surface area contributed by atoms with Crippen molar-refractivity contribution in [3.63, 3.8) is 0 Å². The van der Waals surface area contributed by atoms with Crippen LogP contribution in [0.4, 0.5) is 0 Å². The van der Waals surface area contributed by atoms with Gasteiger partial charge in [0.1, 0.15) is 6.54 Å². The maximum absolute atomic E-state index is 5.74. The predicted molar refractivity (Wildman–Crippen MR) is 75.3 cm³/mol. The smallest absolute Gasteiger partial charge is 0.102 e. The summed E-state index contributed by atoms with van der Waals surface area (Å²) in [5, 5.41) is 0. The standard InChI is InChI=1S/C14H33N2O/c1-8-16(6,7)10-12-17-11-9-15(13(2)3)14(4)5/h13-14H,8-12H2,1-7H3/q+1. The van der Waals surface area contributed by atoms with Gasteiger partial charge in [-0.25, -0.2) is 0 Å². The lowest BCUT2D eigenvalue weighted by Crippen LogP contribution is -2.43. The van der Waals surface area contributed by atoms with Gasteiger partial charge in [0.2, 0.25) is 0 Å². The maximum atomic E-state index is 5.74. The molecule has 0 aromatic heterocycles. The van der Waals surface area contributed by atoms with Crippen molar-refractivity contribution in [3.05, 3.63) is 0 Å². The van der Waals surface area contributed by atoms with Crippen molar-refractivity contribution in [3.8, 4) is 0 Å². The van der Waals surface area contributed by atoms with E-state index in [1.165, 1.54) is 0 Å². The van der Waals surface area contributed by atoms with Crippen LogP contribution in [0, 0.1) is 0 Å². The Balaban J connectivity index is 3.70. The first-order valence-corrected chi connectivity index (χ1v) is 6.95. The third-order valence-electron chi connectivity index (χ3n) is 3.52. The Labute approximate surface area is 108 Å². The van der Waals surface area contributed by atoms with Gasteiger partial charge in [-0.15, -0.1) is 0 Å². The van der Waals surface area contributed by atoms with Gasteiger partial charge in [-0.2, -0.15) is 0 Å². The highest BCUT2D eigenvalue weighted by atomic mass is 16.5. The molecule has 0 aliphatic carbocycles. The molecule has 0 saturated carbocycles. The van der Waals surface area contributed by atoms with Gasteiger partial charge < -0.3 is 9.22 Å². The van der Waals surface area contributed by atoms with E-state index in [-0.39, 0.29) is 0 Å². The second kappa shape index (κ2) is 8.06. The molecule has 0 N–H and O–H groups in total. The third kappa shape index (κ3) is 7.74. The van der Waals surface area contributed by atoms with E-state index in [4.69, 9.17) is 4.74 Å². The van der Waals surface area contributed by atoms with Gasteiger partial charge in [-0.05, 0) is 34.6 Å². The van der Waals surface area contributed by atoms with Gasteiger partial charge in [-0.3, -0.25) is 4.90 Å². The Morgan fingerprint density at radius 2 is 1.53 bits per heavy atom. The fraction of sp³-hybridized carbons (Fsp3) is 1.00. The van der Waals surface area contributed by atoms with Gasteiger partial charge in [0, 0.05) is 18.6 Å². The zero-order valence-electron chi connectivity index (χ0n) is 13.0. The highest BCUT2D eigenvalue weighted by molar-refractivity contribution is 4.66. The molecule has 0 radical (unpaired) electrons. The highest BCUT2D eigenvalue weighted by Gasteiger charge is 2.14. The molecular formula is C14H33N2O+. The summed E-state index contributed by atoms with van der Waals surface area (Å²) in [6, 6.07) is 1.20. The minimum Gasteiger partial charge on any atom is -0.374 e. The van der Waals surface area contributed by atoms with Gasteiger partial charge in [0.25, 0.3) is 0 Å². The Morgan fingerprint density at radius 3 is 1.94 bits per heavy atom. The lowest BCUT2D eigenvalue weighted by Gasteiger charge is -2.31. The number of ether oxygens (including phenoxy) is 1. The SMILES string of the molecule is CC[N+](C)(C)CCOCCN(C(C)C)C(C)C. The fourth-order valence-electron chi connectivity index (χ4n) is 1.85. The zero-order chi connectivity index (χ0) is 13.5. The molecule has 0 rings (SSSR count). The topological polar surface area (TPSA) is 12.5 Å². The van der Waals surface area contributed by atoms with Crippen molar-refractivity contribution < 1.29 is 9.22 Å². The number of quaternary nitrogens is 1. The van der Waals surface area contributed by atoms with Crippen molar-refractivity contribution in [2.75, 3.05) is 46.9 Å². The minimum absolute atomic E-state index is 0.599. The number of hydrogen-bond acceptors (Lipinski definition) is 2. The summed E-state index contributed by atoms with van der Waals surface area (Å²) >= 11 is 0. The Kier molecular flexibility index (Phi) is 8.01. The highest BCUT2D eigenvalue weighted by Crippen LogP contribution is 2.04. The van der Waals surface area contributed by atoms with Gasteiger partial charge in [0.05, 0.1) is 33.9 Å². The van der Waals surface area contributed by atoms with E-state index < -0.39 is 0 Å². The lowest BCUT2D eigenvalue weighted by atomic mass is 10.2. The van der Waals surface area contributed by atoms with E-state index in [2.05, 4.69) is 53.6 Å². The average molecular weight is 245 g/mol. The van der Waals surface area contributed by atoms with E-state index in [1.54, 1.807) is 0 Å². The Bertz CT molecular complexity index is 183. The predicted octanol–water partition coefficient (Wildman–Crippen LogP) is 2.22. The molecule has 17 heavy (non-hydrogen) atoms. The van der Waals surface area contributed by atoms with Crippen molar-refractivity contribution in [1.29, 1.82) is 0 Å². The van der Waals surface area contributed by atoms with Crippen LogP contribution in [0.1, 0.15) is 34.6 Å². The van der Waals surface area contributed by atoms with E-state index in [0.717, 1.165) is 37.3 Å². The summed E-state index contributed by atoms with van der Waals surface area (Å²) in [4.78, 5) is 2.47. The van der Waals surface area contributed by atoms with Crippen LogP contribution in [0.25, 0.3) is 0 Å². The van der Waals surface area contributed by atoms with Crippen LogP contribution in [0.3, 0.4) is 0 Å². The van der Waals surface area contributed by atoms with Crippen LogP contribution in [0.15, 0.2) is 0 Å². The number of nitrogens with zero attached hydrogens (tertiary/aromatic N) is 2. The molecule has 0 bridgehead atoms. The van der Waals surface area contributed by atoms with E-state index in [1.807, 2.05) is 0 Å². The summed E-state index contributed by atoms with van der Waals surface area (Å²) in [6.07, 6.45) is 0. The molecule has 0 spiro atoms. The van der Waals surface area contributed by atoms with E-state index >= 15 is 0 Å². The first kappa shape index (κ1) is 16.9. The third-order valence-corrected chi connectivity index (χ3v) is 3.52. The normalized spacial score (nSPS) is 13.1. The van der Waals surface area contributed by atoms with Gasteiger partial charge >= 0.3 is 0 Å². The molecule has 0 fully saturated rings. The van der Waals surface area contributed by atoms with Crippen molar-refractivity contribution in [1.82, 2.24) is 4.90 Å². The van der Waals surface area contributed by atoms with Crippen LogP contribution in [0.5, 0.6) is 0 Å². The summed E-state index contributed by atoms with van der Waals surface area (Å²) in [5.74, 6) is 0. The summed E-state index contributed by atoms with van der Waals surface area (Å²) in [6.45, 7) is 16.2. The number of hydrogen-bond donors (Lipinski definition) is 0. The fourth-order valence-corrected chi connectivity index (χ4v) is 1.85. The van der Waals surface area contributed by atoms with E-state index in [9.17, 15) is 0 Å². The lowest BCUT2D eigenvalue weighted by molar-refractivity contribution is -0.888. The molecule has 0 amide bonds. The summed E-state index contributed by atoms with van der Waals surface area (Å²) < 4.78 is 6.78. The second-order valence-corrected chi connectivity index (χ2v) is 6.01. The maximum Gasteiger partial charge on any atom is 0.102 e. The molecule has 104 valence electrons. The molecule has 0 aromatic carbocycles. The quantitative estimate of drug-likeness (QED) is 0.456. The minimum atomic E-state index is 0.599. The van der Waals surface area contributed by atoms with Crippen LogP contribution in [-0.4, -0.2) is 68.4 Å². The monoisotopic (exact) mass is 245 g/mol. The van der Waals surface area contributed by atoms with Crippen LogP contribution in [0.2, 0.25) is 0 Å². The molecule has 3 heteroatoms. The molecule has 0 saturated heterocycles. The molecule has 3 nitrogen and oxygen atoms in total. The molecule has 0 atom stereocenters. The van der Waals surface area contributed by atoms with Crippen LogP contribution < -0.4 is 0 Å². The summed E-state index contributed by atoms with van der Waals surface area (Å²) in [7, 11) is 4.50. The first-order chi connectivity index (χ1) is 7.80. The average Bonchev–Trinajstić information content (AvgIpc) is 2.22. The molecular weight excluding hydrogens is 212 g/mol. The van der Waals surface area contributed by atoms with Crippen molar-refractivity contribution in [2.45, 2.75) is 46.7 Å².